The van der Waals surface area contributed by atoms with Crippen LogP contribution in [0.5, 0.6) is 0 Å². The summed E-state index contributed by atoms with van der Waals surface area (Å²) in [4.78, 5) is 37.3. The lowest BCUT2D eigenvalue weighted by atomic mass is 9.92. The van der Waals surface area contributed by atoms with Gasteiger partial charge in [-0.25, -0.2) is 13.1 Å². The molecule has 9 heteroatoms. The Morgan fingerprint density at radius 1 is 0.750 bits per heavy atom. The number of hydrogen-bond acceptors (Lipinski definition) is 6. The highest BCUT2D eigenvalue weighted by molar-refractivity contribution is 7.90. The molecule has 0 bridgehead atoms. The van der Waals surface area contributed by atoms with Crippen LogP contribution in [0, 0.1) is 0 Å². The van der Waals surface area contributed by atoms with Crippen LogP contribution in [-0.2, 0) is 10.0 Å². The van der Waals surface area contributed by atoms with Gasteiger partial charge in [0.15, 0.2) is 0 Å². The fourth-order valence-corrected chi connectivity index (χ4v) is 4.36. The maximum absolute atomic E-state index is 12.8. The molecule has 0 heterocycles. The molecular formula is C23H15ClN2O5S. The average molecular weight is 467 g/mol. The Bertz CT molecular complexity index is 1380. The van der Waals surface area contributed by atoms with Crippen LogP contribution in [0.25, 0.3) is 0 Å². The van der Waals surface area contributed by atoms with Crippen LogP contribution < -0.4 is 10.0 Å². The Balaban J connectivity index is 1.54. The summed E-state index contributed by atoms with van der Waals surface area (Å²) in [6.45, 7) is 0. The molecule has 0 spiro atoms. The molecule has 3 aromatic rings. The topological polar surface area (TPSA) is 109 Å². The molecule has 4 rings (SSSR count). The number of Topliss-reactive ketones (excluding diaryl/α,β-unsaturated/α-hetero) is 2. The van der Waals surface area contributed by atoms with E-state index >= 15 is 0 Å². The molecule has 7 nitrogen and oxygen atoms in total. The fourth-order valence-electron chi connectivity index (χ4n) is 3.15. The van der Waals surface area contributed by atoms with Crippen LogP contribution in [0.3, 0.4) is 0 Å². The molecular weight excluding hydrogens is 452 g/mol. The normalized spacial score (nSPS) is 13.5. The Morgan fingerprint density at radius 3 is 1.94 bits per heavy atom. The van der Waals surface area contributed by atoms with Crippen molar-refractivity contribution < 1.29 is 22.8 Å². The van der Waals surface area contributed by atoms with E-state index in [-0.39, 0.29) is 32.3 Å². The largest absolute Gasteiger partial charge is 0.351 e. The van der Waals surface area contributed by atoms with Crippen LogP contribution in [-0.4, -0.2) is 25.9 Å². The second-order valence-corrected chi connectivity index (χ2v) is 8.90. The molecule has 0 unspecified atom stereocenters. The zero-order valence-corrected chi connectivity index (χ0v) is 17.9. The summed E-state index contributed by atoms with van der Waals surface area (Å²) in [5.41, 5.74) is 0.906. The molecule has 32 heavy (non-hydrogen) atoms. The number of carbonyl (C=O) groups is 3. The van der Waals surface area contributed by atoms with Crippen LogP contribution in [0.15, 0.2) is 94.5 Å². The first-order valence-corrected chi connectivity index (χ1v) is 11.2. The summed E-state index contributed by atoms with van der Waals surface area (Å²) in [6.07, 6.45) is 0. The number of halogens is 1. The first-order valence-electron chi connectivity index (χ1n) is 9.35. The van der Waals surface area contributed by atoms with E-state index < -0.39 is 27.5 Å². The standard InChI is InChI=1S/C23H15ClN2O5S/c24-19-20(22(28)18-9-5-4-8-17(18)21(19)27)25-15-10-12-16(13-11-15)32(30,31)26-23(29)14-6-2-1-3-7-14/h1-13,25H,(H,26,29). The zero-order valence-electron chi connectivity index (χ0n) is 16.3. The Morgan fingerprint density at radius 2 is 1.31 bits per heavy atom. The minimum absolute atomic E-state index is 0.0941. The highest BCUT2D eigenvalue weighted by Crippen LogP contribution is 2.29. The van der Waals surface area contributed by atoms with E-state index in [9.17, 15) is 22.8 Å². The number of ketones is 2. The van der Waals surface area contributed by atoms with E-state index in [0.29, 0.717) is 5.69 Å². The van der Waals surface area contributed by atoms with Gasteiger partial charge in [-0.3, -0.25) is 14.4 Å². The van der Waals surface area contributed by atoms with Crippen LogP contribution >= 0.6 is 11.6 Å². The smallest absolute Gasteiger partial charge is 0.264 e. The van der Waals surface area contributed by atoms with Gasteiger partial charge in [-0.1, -0.05) is 54.1 Å². The highest BCUT2D eigenvalue weighted by atomic mass is 35.5. The maximum Gasteiger partial charge on any atom is 0.264 e. The van der Waals surface area contributed by atoms with Crippen molar-refractivity contribution in [3.8, 4) is 0 Å². The molecule has 0 radical (unpaired) electrons. The predicted octanol–water partition coefficient (Wildman–Crippen LogP) is 3.75. The third kappa shape index (κ3) is 4.05. The highest BCUT2D eigenvalue weighted by Gasteiger charge is 2.31. The molecule has 2 N–H and O–H groups in total. The SMILES string of the molecule is O=C(NS(=O)(=O)c1ccc(NC2=C(Cl)C(=O)c3ccccc3C2=O)cc1)c1ccccc1. The Labute approximate surface area is 188 Å². The van der Waals surface area contributed by atoms with Crippen molar-refractivity contribution in [1.82, 2.24) is 4.72 Å². The van der Waals surface area contributed by atoms with E-state index in [4.69, 9.17) is 11.6 Å². The maximum atomic E-state index is 12.8. The van der Waals surface area contributed by atoms with Crippen LogP contribution in [0.1, 0.15) is 31.1 Å². The van der Waals surface area contributed by atoms with Gasteiger partial charge in [0.2, 0.25) is 11.6 Å². The molecule has 0 saturated carbocycles. The summed E-state index contributed by atoms with van der Waals surface area (Å²) in [5, 5.41) is 2.54. The van der Waals surface area contributed by atoms with Crippen molar-refractivity contribution in [2.24, 2.45) is 0 Å². The van der Waals surface area contributed by atoms with Crippen molar-refractivity contribution in [2.75, 3.05) is 5.32 Å². The number of benzene rings is 3. The zero-order chi connectivity index (χ0) is 22.9. The molecule has 160 valence electrons. The van der Waals surface area contributed by atoms with Gasteiger partial charge in [0, 0.05) is 22.4 Å². The number of allylic oxidation sites excluding steroid dienone is 2. The van der Waals surface area contributed by atoms with Gasteiger partial charge in [-0.2, -0.15) is 0 Å². The minimum Gasteiger partial charge on any atom is -0.351 e. The van der Waals surface area contributed by atoms with E-state index in [1.54, 1.807) is 30.3 Å². The third-order valence-electron chi connectivity index (χ3n) is 4.76. The lowest BCUT2D eigenvalue weighted by Gasteiger charge is -2.19. The van der Waals surface area contributed by atoms with Crippen molar-refractivity contribution >= 4 is 44.8 Å². The minimum atomic E-state index is -4.11. The molecule has 1 amide bonds. The van der Waals surface area contributed by atoms with Crippen molar-refractivity contribution in [3.63, 3.8) is 0 Å². The monoisotopic (exact) mass is 466 g/mol. The second kappa shape index (κ2) is 8.41. The summed E-state index contributed by atoms with van der Waals surface area (Å²) in [6, 6.07) is 19.6. The van der Waals surface area contributed by atoms with Crippen molar-refractivity contribution in [3.05, 3.63) is 106 Å². The van der Waals surface area contributed by atoms with E-state index in [1.807, 2.05) is 4.72 Å². The number of amides is 1. The molecule has 0 fully saturated rings. The van der Waals surface area contributed by atoms with Crippen LogP contribution in [0.2, 0.25) is 0 Å². The first kappa shape index (κ1) is 21.5. The molecule has 1 aliphatic carbocycles. The molecule has 3 aromatic carbocycles. The summed E-state index contributed by atoms with van der Waals surface area (Å²) in [7, 11) is -4.11. The first-order chi connectivity index (χ1) is 15.3. The number of nitrogens with one attached hydrogen (secondary N) is 2. The van der Waals surface area contributed by atoms with Gasteiger partial charge >= 0.3 is 0 Å². The number of hydrogen-bond donors (Lipinski definition) is 2. The molecule has 0 aromatic heterocycles. The molecule has 0 saturated heterocycles. The van der Waals surface area contributed by atoms with E-state index in [0.717, 1.165) is 0 Å². The number of carbonyl (C=O) groups excluding carboxylic acids is 3. The summed E-state index contributed by atoms with van der Waals surface area (Å²) >= 11 is 6.13. The van der Waals surface area contributed by atoms with Gasteiger partial charge in [0.05, 0.1) is 4.90 Å². The molecule has 0 aliphatic heterocycles. The molecule has 0 atom stereocenters. The summed E-state index contributed by atoms with van der Waals surface area (Å²) in [5.74, 6) is -1.68. The van der Waals surface area contributed by atoms with Gasteiger partial charge in [0.25, 0.3) is 15.9 Å². The van der Waals surface area contributed by atoms with Crippen molar-refractivity contribution in [2.45, 2.75) is 4.90 Å². The van der Waals surface area contributed by atoms with Crippen molar-refractivity contribution in [1.29, 1.82) is 0 Å². The summed E-state index contributed by atoms with van der Waals surface area (Å²) < 4.78 is 27.0. The Hall–Kier alpha value is -3.75. The lowest BCUT2D eigenvalue weighted by Crippen LogP contribution is -2.30. The van der Waals surface area contributed by atoms with Gasteiger partial charge < -0.3 is 5.32 Å². The van der Waals surface area contributed by atoms with E-state index in [2.05, 4.69) is 5.32 Å². The number of anilines is 1. The third-order valence-corrected chi connectivity index (χ3v) is 6.47. The number of fused-ring (bicyclic) bond motifs is 1. The molecule has 1 aliphatic rings. The fraction of sp³-hybridized carbons (Fsp3) is 0. The average Bonchev–Trinajstić information content (AvgIpc) is 2.81. The lowest BCUT2D eigenvalue weighted by molar-refractivity contribution is 0.0980. The second-order valence-electron chi connectivity index (χ2n) is 6.84. The number of sulfonamides is 1. The quantitative estimate of drug-likeness (QED) is 0.592. The Kier molecular flexibility index (Phi) is 5.65. The van der Waals surface area contributed by atoms with Crippen LogP contribution in [0.4, 0.5) is 5.69 Å². The van der Waals surface area contributed by atoms with Gasteiger partial charge in [-0.15, -0.1) is 0 Å². The van der Waals surface area contributed by atoms with Gasteiger partial charge in [0.1, 0.15) is 10.7 Å². The van der Waals surface area contributed by atoms with Gasteiger partial charge in [-0.05, 0) is 36.4 Å². The predicted molar refractivity (Wildman–Crippen MR) is 119 cm³/mol. The van der Waals surface area contributed by atoms with E-state index in [1.165, 1.54) is 48.5 Å². The number of rotatable bonds is 5.